The number of benzene rings is 1. The Morgan fingerprint density at radius 1 is 1.10 bits per heavy atom. The van der Waals surface area contributed by atoms with Crippen LogP contribution in [-0.4, -0.2) is 36.7 Å². The molecule has 0 saturated carbocycles. The van der Waals surface area contributed by atoms with Gasteiger partial charge in [0.15, 0.2) is 0 Å². The summed E-state index contributed by atoms with van der Waals surface area (Å²) in [7, 11) is 0. The lowest BCUT2D eigenvalue weighted by molar-refractivity contribution is -0.0799. The van der Waals surface area contributed by atoms with Gasteiger partial charge >= 0.3 is 0 Å². The molecule has 20 heavy (non-hydrogen) atoms. The van der Waals surface area contributed by atoms with E-state index in [0.29, 0.717) is 18.5 Å². The lowest BCUT2D eigenvalue weighted by Gasteiger charge is -2.40. The van der Waals surface area contributed by atoms with Crippen molar-refractivity contribution in [3.63, 3.8) is 0 Å². The van der Waals surface area contributed by atoms with Gasteiger partial charge in [0.1, 0.15) is 0 Å². The standard InChI is InChI=1S/C17H28N2O/c1-12(2)15-5-7-16(8-6-15)17(9-18)19-10-13(3)20-14(4)11-19/h5-8,12-14,17H,9-11,18H2,1-4H3/t13-,14+,17?. The highest BCUT2D eigenvalue weighted by atomic mass is 16.5. The third-order valence-electron chi connectivity index (χ3n) is 4.10. The van der Waals surface area contributed by atoms with E-state index in [-0.39, 0.29) is 12.2 Å². The van der Waals surface area contributed by atoms with Gasteiger partial charge in [-0.2, -0.15) is 0 Å². The number of hydrogen-bond donors (Lipinski definition) is 1. The molecule has 1 unspecified atom stereocenters. The van der Waals surface area contributed by atoms with Crippen LogP contribution in [0.25, 0.3) is 0 Å². The monoisotopic (exact) mass is 276 g/mol. The Labute approximate surface area is 123 Å². The summed E-state index contributed by atoms with van der Waals surface area (Å²) >= 11 is 0. The molecular formula is C17H28N2O. The van der Waals surface area contributed by atoms with Gasteiger partial charge in [0.05, 0.1) is 12.2 Å². The van der Waals surface area contributed by atoms with Crippen LogP contribution in [0.5, 0.6) is 0 Å². The van der Waals surface area contributed by atoms with E-state index in [1.165, 1.54) is 11.1 Å². The van der Waals surface area contributed by atoms with E-state index in [1.807, 2.05) is 0 Å². The van der Waals surface area contributed by atoms with E-state index >= 15 is 0 Å². The summed E-state index contributed by atoms with van der Waals surface area (Å²) in [6.45, 7) is 11.3. The molecule has 1 aromatic rings. The molecule has 112 valence electrons. The lowest BCUT2D eigenvalue weighted by atomic mass is 9.97. The molecule has 1 saturated heterocycles. The van der Waals surface area contributed by atoms with Crippen LogP contribution in [0.15, 0.2) is 24.3 Å². The minimum atomic E-state index is 0.280. The van der Waals surface area contributed by atoms with Gasteiger partial charge in [-0.25, -0.2) is 0 Å². The van der Waals surface area contributed by atoms with Gasteiger partial charge in [-0.3, -0.25) is 4.90 Å². The first-order valence-electron chi connectivity index (χ1n) is 7.70. The molecule has 2 N–H and O–H groups in total. The van der Waals surface area contributed by atoms with Crippen molar-refractivity contribution in [2.24, 2.45) is 5.73 Å². The van der Waals surface area contributed by atoms with E-state index in [0.717, 1.165) is 13.1 Å². The average Bonchev–Trinajstić information content (AvgIpc) is 2.39. The van der Waals surface area contributed by atoms with Crippen LogP contribution in [0.3, 0.4) is 0 Å². The second-order valence-corrected chi connectivity index (χ2v) is 6.28. The van der Waals surface area contributed by atoms with Crippen LogP contribution in [0.1, 0.15) is 50.8 Å². The molecule has 3 nitrogen and oxygen atoms in total. The van der Waals surface area contributed by atoms with Gasteiger partial charge in [-0.1, -0.05) is 38.1 Å². The highest BCUT2D eigenvalue weighted by Crippen LogP contribution is 2.25. The maximum absolute atomic E-state index is 6.04. The summed E-state index contributed by atoms with van der Waals surface area (Å²) in [5.74, 6) is 0.573. The van der Waals surface area contributed by atoms with Crippen molar-refractivity contribution in [2.45, 2.75) is 51.9 Å². The normalized spacial score (nSPS) is 25.9. The molecule has 0 radical (unpaired) electrons. The van der Waals surface area contributed by atoms with Crippen LogP contribution < -0.4 is 5.73 Å². The number of rotatable bonds is 4. The molecule has 1 fully saturated rings. The Hall–Kier alpha value is -0.900. The van der Waals surface area contributed by atoms with Crippen molar-refractivity contribution >= 4 is 0 Å². The summed E-state index contributed by atoms with van der Waals surface area (Å²) in [5.41, 5.74) is 8.74. The van der Waals surface area contributed by atoms with Crippen LogP contribution in [0, 0.1) is 0 Å². The number of hydrogen-bond acceptors (Lipinski definition) is 3. The molecule has 1 heterocycles. The van der Waals surface area contributed by atoms with E-state index in [4.69, 9.17) is 10.5 Å². The van der Waals surface area contributed by atoms with Crippen LogP contribution in [0.4, 0.5) is 0 Å². The Bertz CT molecular complexity index is 406. The van der Waals surface area contributed by atoms with Crippen molar-refractivity contribution < 1.29 is 4.74 Å². The average molecular weight is 276 g/mol. The quantitative estimate of drug-likeness (QED) is 0.919. The molecular weight excluding hydrogens is 248 g/mol. The summed E-state index contributed by atoms with van der Waals surface area (Å²) in [4.78, 5) is 2.46. The molecule has 2 rings (SSSR count). The Morgan fingerprint density at radius 3 is 2.05 bits per heavy atom. The number of morpholine rings is 1. The molecule has 1 aliphatic heterocycles. The zero-order chi connectivity index (χ0) is 14.7. The molecule has 0 amide bonds. The van der Waals surface area contributed by atoms with Crippen molar-refractivity contribution in [1.82, 2.24) is 4.90 Å². The van der Waals surface area contributed by atoms with Crippen LogP contribution in [0.2, 0.25) is 0 Å². The first-order valence-corrected chi connectivity index (χ1v) is 7.70. The summed E-state index contributed by atoms with van der Waals surface area (Å²) in [6, 6.07) is 9.23. The summed E-state index contributed by atoms with van der Waals surface area (Å²) < 4.78 is 5.81. The maximum atomic E-state index is 6.04. The molecule has 0 aliphatic carbocycles. The third-order valence-corrected chi connectivity index (χ3v) is 4.10. The van der Waals surface area contributed by atoms with Crippen molar-refractivity contribution in [2.75, 3.05) is 19.6 Å². The molecule has 3 atom stereocenters. The smallest absolute Gasteiger partial charge is 0.0678 e. The largest absolute Gasteiger partial charge is 0.373 e. The van der Waals surface area contributed by atoms with E-state index in [1.54, 1.807) is 0 Å². The van der Waals surface area contributed by atoms with Gasteiger partial charge < -0.3 is 10.5 Å². The number of nitrogens with two attached hydrogens (primary N) is 1. The zero-order valence-electron chi connectivity index (χ0n) is 13.2. The van der Waals surface area contributed by atoms with Gasteiger partial charge in [-0.05, 0) is 30.9 Å². The number of nitrogens with zero attached hydrogens (tertiary/aromatic N) is 1. The third kappa shape index (κ3) is 3.60. The summed E-state index contributed by atoms with van der Waals surface area (Å²) in [5, 5.41) is 0. The lowest BCUT2D eigenvalue weighted by Crippen LogP contribution is -2.48. The van der Waals surface area contributed by atoms with Gasteiger partial charge in [0.25, 0.3) is 0 Å². The molecule has 3 heteroatoms. The van der Waals surface area contributed by atoms with E-state index in [2.05, 4.69) is 56.9 Å². The minimum absolute atomic E-state index is 0.280. The molecule has 0 aromatic heterocycles. The fourth-order valence-corrected chi connectivity index (χ4v) is 3.07. The maximum Gasteiger partial charge on any atom is 0.0678 e. The SMILES string of the molecule is CC(C)c1ccc(C(CN)N2C[C@@H](C)O[C@@H](C)C2)cc1. The van der Waals surface area contributed by atoms with Crippen LogP contribution >= 0.6 is 0 Å². The first kappa shape index (κ1) is 15.5. The second-order valence-electron chi connectivity index (χ2n) is 6.28. The van der Waals surface area contributed by atoms with Gasteiger partial charge in [0, 0.05) is 25.7 Å². The summed E-state index contributed by atoms with van der Waals surface area (Å²) in [6.07, 6.45) is 0.561. The Morgan fingerprint density at radius 2 is 1.60 bits per heavy atom. The van der Waals surface area contributed by atoms with Gasteiger partial charge in [0.2, 0.25) is 0 Å². The highest BCUT2D eigenvalue weighted by molar-refractivity contribution is 5.27. The Balaban J connectivity index is 2.14. The van der Waals surface area contributed by atoms with E-state index in [9.17, 15) is 0 Å². The van der Waals surface area contributed by atoms with Crippen molar-refractivity contribution in [3.05, 3.63) is 35.4 Å². The number of ether oxygens (including phenoxy) is 1. The van der Waals surface area contributed by atoms with Gasteiger partial charge in [-0.15, -0.1) is 0 Å². The fraction of sp³-hybridized carbons (Fsp3) is 0.647. The van der Waals surface area contributed by atoms with Crippen LogP contribution in [-0.2, 0) is 4.74 Å². The molecule has 1 aliphatic rings. The fourth-order valence-electron chi connectivity index (χ4n) is 3.07. The molecule has 1 aromatic carbocycles. The minimum Gasteiger partial charge on any atom is -0.373 e. The van der Waals surface area contributed by atoms with E-state index < -0.39 is 0 Å². The van der Waals surface area contributed by atoms with Crippen molar-refractivity contribution in [3.8, 4) is 0 Å². The van der Waals surface area contributed by atoms with Crippen molar-refractivity contribution in [1.29, 1.82) is 0 Å². The highest BCUT2D eigenvalue weighted by Gasteiger charge is 2.28. The second kappa shape index (κ2) is 6.70. The molecule has 0 spiro atoms. The topological polar surface area (TPSA) is 38.5 Å². The zero-order valence-corrected chi connectivity index (χ0v) is 13.2. The molecule has 0 bridgehead atoms. The first-order chi connectivity index (χ1) is 9.51. The predicted molar refractivity (Wildman–Crippen MR) is 83.9 cm³/mol. The Kier molecular flexibility index (Phi) is 5.19. The predicted octanol–water partition coefficient (Wildman–Crippen LogP) is 2.92.